The van der Waals surface area contributed by atoms with Gasteiger partial charge < -0.3 is 13.7 Å². The predicted molar refractivity (Wildman–Crippen MR) is 162 cm³/mol. The fraction of sp³-hybridized carbons (Fsp3) is 0.606. The molecule has 0 saturated carbocycles. The lowest BCUT2D eigenvalue weighted by Crippen LogP contribution is -2.23. The highest BCUT2D eigenvalue weighted by atomic mass is 15.1. The van der Waals surface area contributed by atoms with Crippen LogP contribution in [0.4, 0.5) is 0 Å². The van der Waals surface area contributed by atoms with E-state index in [0.29, 0.717) is 0 Å². The first kappa shape index (κ1) is 34.3. The van der Waals surface area contributed by atoms with E-state index in [4.69, 9.17) is 5.26 Å². The Hall–Kier alpha value is -2.67. The Morgan fingerprint density at radius 3 is 0.865 bits per heavy atom. The van der Waals surface area contributed by atoms with E-state index in [2.05, 4.69) is 146 Å². The molecule has 0 fully saturated rings. The largest absolute Gasteiger partial charge is 0.349 e. The molecule has 0 saturated heterocycles. The van der Waals surface area contributed by atoms with E-state index in [1.54, 1.807) is 0 Å². The highest BCUT2D eigenvalue weighted by Crippen LogP contribution is 2.21. The summed E-state index contributed by atoms with van der Waals surface area (Å²) >= 11 is 0. The molecule has 0 N–H and O–H groups in total. The minimum Gasteiger partial charge on any atom is -0.349 e. The normalized spacial score (nSPS) is 11.8. The van der Waals surface area contributed by atoms with E-state index in [9.17, 15) is 0 Å². The Labute approximate surface area is 229 Å². The molecule has 0 bridgehead atoms. The molecule has 0 atom stereocenters. The molecule has 0 aliphatic carbocycles. The summed E-state index contributed by atoms with van der Waals surface area (Å²) in [6, 6.07) is 14.9. The second kappa shape index (κ2) is 13.2. The molecule has 0 aliphatic heterocycles. The molecule has 4 nitrogen and oxygen atoms in total. The van der Waals surface area contributed by atoms with E-state index in [0.717, 1.165) is 0 Å². The molecule has 3 aromatic heterocycles. The van der Waals surface area contributed by atoms with Gasteiger partial charge in [0, 0.05) is 57.2 Å². The van der Waals surface area contributed by atoms with Gasteiger partial charge in [0.25, 0.3) is 0 Å². The number of hydrogen-bond acceptors (Lipinski definition) is 1. The molecule has 0 amide bonds. The number of rotatable bonds is 0. The first-order chi connectivity index (χ1) is 16.5. The first-order valence-corrected chi connectivity index (χ1v) is 13.4. The molecular weight excluding hydrogens is 452 g/mol. The molecule has 0 aliphatic rings. The number of nitriles is 1. The van der Waals surface area contributed by atoms with Crippen molar-refractivity contribution in [2.45, 2.75) is 127 Å². The van der Waals surface area contributed by atoms with Crippen molar-refractivity contribution in [3.05, 3.63) is 71.6 Å². The summed E-state index contributed by atoms with van der Waals surface area (Å²) in [4.78, 5) is 0. The van der Waals surface area contributed by atoms with Crippen LogP contribution in [0.2, 0.25) is 0 Å². The molecule has 4 heteroatoms. The predicted octanol–water partition coefficient (Wildman–Crippen LogP) is 9.52. The minimum absolute atomic E-state index is 0.153. The summed E-state index contributed by atoms with van der Waals surface area (Å²) in [5, 5.41) is 8.15. The molecule has 3 aromatic rings. The third-order valence-electron chi connectivity index (χ3n) is 5.60. The summed E-state index contributed by atoms with van der Waals surface area (Å²) in [5.41, 5.74) is 5.90. The highest BCUT2D eigenvalue weighted by Gasteiger charge is 2.16. The zero-order valence-corrected chi connectivity index (χ0v) is 26.9. The van der Waals surface area contributed by atoms with Gasteiger partial charge in [-0.1, -0.05) is 0 Å². The van der Waals surface area contributed by atoms with E-state index in [-0.39, 0.29) is 22.0 Å². The third-order valence-corrected chi connectivity index (χ3v) is 5.60. The van der Waals surface area contributed by atoms with E-state index in [1.807, 2.05) is 32.9 Å². The monoisotopic (exact) mass is 508 g/mol. The highest BCUT2D eigenvalue weighted by molar-refractivity contribution is 5.16. The van der Waals surface area contributed by atoms with Crippen molar-refractivity contribution in [2.24, 2.45) is 5.41 Å². The van der Waals surface area contributed by atoms with Gasteiger partial charge in [-0.25, -0.2) is 0 Å². The summed E-state index contributed by atoms with van der Waals surface area (Å²) in [5.74, 6) is 0. The lowest BCUT2D eigenvalue weighted by molar-refractivity contribution is 0.383. The van der Waals surface area contributed by atoms with Gasteiger partial charge in [-0.3, -0.25) is 0 Å². The van der Waals surface area contributed by atoms with E-state index in [1.165, 1.54) is 22.8 Å². The first-order valence-electron chi connectivity index (χ1n) is 13.4. The lowest BCUT2D eigenvalue weighted by atomic mass is 10.0. The average molecular weight is 509 g/mol. The van der Waals surface area contributed by atoms with Gasteiger partial charge in [0.15, 0.2) is 0 Å². The zero-order valence-electron chi connectivity index (χ0n) is 26.9. The molecule has 3 heterocycles. The van der Waals surface area contributed by atoms with Gasteiger partial charge in [-0.15, -0.1) is 0 Å². The van der Waals surface area contributed by atoms with Crippen LogP contribution in [0.1, 0.15) is 106 Å². The standard InChI is InChI=1S/2C10H17N.C8H13N.C5H9N/c2*1-8-6-7-9(2)11(8)10(3,4)5;1-8(2,3)9-6-4-5-7-9;1-5(2,3)4-6/h2*6-7H,1-5H3;4-7H,1-3H3;1-3H3. The van der Waals surface area contributed by atoms with Crippen LogP contribution in [-0.4, -0.2) is 13.7 Å². The lowest BCUT2D eigenvalue weighted by Gasteiger charge is -2.25. The van der Waals surface area contributed by atoms with Crippen molar-refractivity contribution in [1.29, 1.82) is 5.26 Å². The van der Waals surface area contributed by atoms with Gasteiger partial charge in [-0.05, 0) is 147 Å². The Kier molecular flexibility index (Phi) is 12.3. The van der Waals surface area contributed by atoms with Crippen LogP contribution in [0.15, 0.2) is 48.8 Å². The van der Waals surface area contributed by atoms with Gasteiger partial charge in [0.05, 0.1) is 6.07 Å². The summed E-state index contributed by atoms with van der Waals surface area (Å²) in [7, 11) is 0. The number of nitrogens with zero attached hydrogens (tertiary/aromatic N) is 4. The van der Waals surface area contributed by atoms with Crippen molar-refractivity contribution in [3.63, 3.8) is 0 Å². The molecule has 3 rings (SSSR count). The van der Waals surface area contributed by atoms with Crippen molar-refractivity contribution < 1.29 is 0 Å². The maximum absolute atomic E-state index is 8.15. The molecule has 37 heavy (non-hydrogen) atoms. The second-order valence-corrected chi connectivity index (χ2v) is 13.9. The van der Waals surface area contributed by atoms with Crippen molar-refractivity contribution in [1.82, 2.24) is 13.7 Å². The van der Waals surface area contributed by atoms with Crippen LogP contribution in [0.5, 0.6) is 0 Å². The van der Waals surface area contributed by atoms with Gasteiger partial charge in [0.1, 0.15) is 0 Å². The molecule has 208 valence electrons. The Bertz CT molecular complexity index is 993. The average Bonchev–Trinajstić information content (AvgIpc) is 3.42. The number of aryl methyl sites for hydroxylation is 4. The molecular formula is C33H56N4. The fourth-order valence-corrected chi connectivity index (χ4v) is 4.23. The number of aromatic nitrogens is 3. The smallest absolute Gasteiger partial charge is 0.0680 e. The molecule has 0 unspecified atom stereocenters. The maximum Gasteiger partial charge on any atom is 0.0680 e. The van der Waals surface area contributed by atoms with Gasteiger partial charge >= 0.3 is 0 Å². The summed E-state index contributed by atoms with van der Waals surface area (Å²) in [6.45, 7) is 34.2. The van der Waals surface area contributed by atoms with Crippen molar-refractivity contribution in [3.8, 4) is 6.07 Å². The third kappa shape index (κ3) is 12.4. The Morgan fingerprint density at radius 2 is 0.757 bits per heavy atom. The quantitative estimate of drug-likeness (QED) is 0.298. The SMILES string of the molecule is CC(C)(C)C#N.CC(C)(C)n1cccc1.Cc1ccc(C)n1C(C)(C)C.Cc1ccc(C)n1C(C)(C)C. The van der Waals surface area contributed by atoms with Crippen LogP contribution in [-0.2, 0) is 16.6 Å². The van der Waals surface area contributed by atoms with Crippen LogP contribution in [0, 0.1) is 44.4 Å². The maximum atomic E-state index is 8.15. The zero-order chi connectivity index (χ0) is 29.4. The molecule has 0 spiro atoms. The topological polar surface area (TPSA) is 38.6 Å². The summed E-state index contributed by atoms with van der Waals surface area (Å²) in [6.07, 6.45) is 4.17. The van der Waals surface area contributed by atoms with Gasteiger partial charge in [-0.2, -0.15) is 5.26 Å². The van der Waals surface area contributed by atoms with Crippen LogP contribution < -0.4 is 0 Å². The van der Waals surface area contributed by atoms with Crippen LogP contribution >= 0.6 is 0 Å². The van der Waals surface area contributed by atoms with E-state index >= 15 is 0 Å². The van der Waals surface area contributed by atoms with Crippen LogP contribution in [0.3, 0.4) is 0 Å². The Balaban J connectivity index is 0.000000478. The Morgan fingerprint density at radius 1 is 0.514 bits per heavy atom. The molecule has 0 radical (unpaired) electrons. The van der Waals surface area contributed by atoms with Crippen molar-refractivity contribution >= 4 is 0 Å². The minimum atomic E-state index is -0.153. The van der Waals surface area contributed by atoms with Gasteiger partial charge in [0.2, 0.25) is 0 Å². The number of hydrogen-bond donors (Lipinski definition) is 0. The fourth-order valence-electron chi connectivity index (χ4n) is 4.23. The van der Waals surface area contributed by atoms with Crippen LogP contribution in [0.25, 0.3) is 0 Å². The summed E-state index contributed by atoms with van der Waals surface area (Å²) < 4.78 is 6.90. The second-order valence-electron chi connectivity index (χ2n) is 13.9. The van der Waals surface area contributed by atoms with E-state index < -0.39 is 0 Å². The van der Waals surface area contributed by atoms with Crippen molar-refractivity contribution in [2.75, 3.05) is 0 Å². The molecule has 0 aromatic carbocycles.